The van der Waals surface area contributed by atoms with E-state index in [4.69, 9.17) is 4.98 Å². The Morgan fingerprint density at radius 3 is 2.32 bits per heavy atom. The number of benzene rings is 3. The SMILES string of the molecule is Cc1ccc(-c2nc3ccccc3c(C(=O)Nc3ccccc3F)c2C)cc1. The highest BCUT2D eigenvalue weighted by atomic mass is 19.1. The van der Waals surface area contributed by atoms with E-state index in [2.05, 4.69) is 5.32 Å². The first-order valence-electron chi connectivity index (χ1n) is 9.07. The lowest BCUT2D eigenvalue weighted by Crippen LogP contribution is -2.16. The van der Waals surface area contributed by atoms with Crippen LogP contribution in [-0.2, 0) is 0 Å². The number of pyridine rings is 1. The van der Waals surface area contributed by atoms with Gasteiger partial charge in [0.2, 0.25) is 0 Å². The summed E-state index contributed by atoms with van der Waals surface area (Å²) in [5.74, 6) is -0.819. The maximum atomic E-state index is 14.0. The largest absolute Gasteiger partial charge is 0.319 e. The van der Waals surface area contributed by atoms with E-state index in [1.807, 2.05) is 62.4 Å². The average molecular weight is 370 g/mol. The molecule has 0 saturated carbocycles. The Balaban J connectivity index is 1.89. The molecule has 0 aliphatic heterocycles. The Morgan fingerprint density at radius 1 is 0.893 bits per heavy atom. The number of hydrogen-bond donors (Lipinski definition) is 1. The Labute approximate surface area is 162 Å². The zero-order valence-electron chi connectivity index (χ0n) is 15.7. The van der Waals surface area contributed by atoms with Crippen molar-refractivity contribution in [1.82, 2.24) is 4.98 Å². The highest BCUT2D eigenvalue weighted by Crippen LogP contribution is 2.30. The third-order valence-corrected chi connectivity index (χ3v) is 4.81. The van der Waals surface area contributed by atoms with Crippen molar-refractivity contribution in [2.75, 3.05) is 5.32 Å². The number of carbonyl (C=O) groups excluding carboxylic acids is 1. The molecule has 0 aliphatic rings. The fourth-order valence-electron chi connectivity index (χ4n) is 3.34. The number of anilines is 1. The molecular weight excluding hydrogens is 351 g/mol. The molecule has 0 spiro atoms. The van der Waals surface area contributed by atoms with Crippen molar-refractivity contribution < 1.29 is 9.18 Å². The van der Waals surface area contributed by atoms with E-state index >= 15 is 0 Å². The highest BCUT2D eigenvalue weighted by molar-refractivity contribution is 6.14. The molecule has 28 heavy (non-hydrogen) atoms. The number of fused-ring (bicyclic) bond motifs is 1. The van der Waals surface area contributed by atoms with Gasteiger partial charge in [0.15, 0.2) is 0 Å². The molecule has 3 nitrogen and oxygen atoms in total. The van der Waals surface area contributed by atoms with Crippen molar-refractivity contribution in [2.24, 2.45) is 0 Å². The van der Waals surface area contributed by atoms with Crippen LogP contribution < -0.4 is 5.32 Å². The number of hydrogen-bond acceptors (Lipinski definition) is 2. The first-order valence-corrected chi connectivity index (χ1v) is 9.07. The number of aromatic nitrogens is 1. The molecule has 0 aliphatic carbocycles. The summed E-state index contributed by atoms with van der Waals surface area (Å²) in [6.07, 6.45) is 0. The Kier molecular flexibility index (Phi) is 4.62. The summed E-state index contributed by atoms with van der Waals surface area (Å²) in [5.41, 5.74) is 4.98. The van der Waals surface area contributed by atoms with Crippen LogP contribution in [0.3, 0.4) is 0 Å². The summed E-state index contributed by atoms with van der Waals surface area (Å²) in [5, 5.41) is 3.45. The molecule has 0 saturated heterocycles. The monoisotopic (exact) mass is 370 g/mol. The minimum absolute atomic E-state index is 0.157. The zero-order chi connectivity index (χ0) is 19.7. The summed E-state index contributed by atoms with van der Waals surface area (Å²) in [6.45, 7) is 3.91. The second-order valence-electron chi connectivity index (χ2n) is 6.78. The van der Waals surface area contributed by atoms with Gasteiger partial charge in [-0.2, -0.15) is 0 Å². The molecule has 138 valence electrons. The lowest BCUT2D eigenvalue weighted by Gasteiger charge is -2.15. The average Bonchev–Trinajstić information content (AvgIpc) is 2.70. The summed E-state index contributed by atoms with van der Waals surface area (Å²) in [6, 6.07) is 21.7. The number of nitrogens with zero attached hydrogens (tertiary/aromatic N) is 1. The number of aryl methyl sites for hydroxylation is 1. The maximum Gasteiger partial charge on any atom is 0.256 e. The van der Waals surface area contributed by atoms with Crippen molar-refractivity contribution in [1.29, 1.82) is 0 Å². The molecule has 1 amide bonds. The van der Waals surface area contributed by atoms with Crippen LogP contribution in [0, 0.1) is 19.7 Å². The topological polar surface area (TPSA) is 42.0 Å². The van der Waals surface area contributed by atoms with Gasteiger partial charge in [0.1, 0.15) is 5.82 Å². The van der Waals surface area contributed by atoms with E-state index in [9.17, 15) is 9.18 Å². The van der Waals surface area contributed by atoms with Crippen LogP contribution in [0.5, 0.6) is 0 Å². The van der Waals surface area contributed by atoms with Crippen LogP contribution >= 0.6 is 0 Å². The molecule has 1 N–H and O–H groups in total. The molecule has 0 atom stereocenters. The van der Waals surface area contributed by atoms with Gasteiger partial charge >= 0.3 is 0 Å². The third-order valence-electron chi connectivity index (χ3n) is 4.81. The number of halogens is 1. The molecule has 0 fully saturated rings. The lowest BCUT2D eigenvalue weighted by atomic mass is 9.96. The molecule has 4 aromatic rings. The third kappa shape index (κ3) is 3.25. The van der Waals surface area contributed by atoms with E-state index in [-0.39, 0.29) is 11.6 Å². The molecule has 0 radical (unpaired) electrons. The van der Waals surface area contributed by atoms with Crippen LogP contribution in [0.2, 0.25) is 0 Å². The van der Waals surface area contributed by atoms with Crippen molar-refractivity contribution in [2.45, 2.75) is 13.8 Å². The zero-order valence-corrected chi connectivity index (χ0v) is 15.7. The number of nitrogens with one attached hydrogen (secondary N) is 1. The number of para-hydroxylation sites is 2. The fourth-order valence-corrected chi connectivity index (χ4v) is 3.34. The predicted octanol–water partition coefficient (Wildman–Crippen LogP) is 5.91. The lowest BCUT2D eigenvalue weighted by molar-refractivity contribution is 0.102. The molecule has 1 aromatic heterocycles. The maximum absolute atomic E-state index is 14.0. The van der Waals surface area contributed by atoms with Gasteiger partial charge in [0, 0.05) is 10.9 Å². The minimum Gasteiger partial charge on any atom is -0.319 e. The summed E-state index contributed by atoms with van der Waals surface area (Å²) in [4.78, 5) is 17.9. The smallest absolute Gasteiger partial charge is 0.256 e. The van der Waals surface area contributed by atoms with Crippen molar-refractivity contribution >= 4 is 22.5 Å². The van der Waals surface area contributed by atoms with E-state index < -0.39 is 5.82 Å². The van der Waals surface area contributed by atoms with Crippen molar-refractivity contribution in [3.63, 3.8) is 0 Å². The Morgan fingerprint density at radius 2 is 1.57 bits per heavy atom. The van der Waals surface area contributed by atoms with E-state index in [0.717, 1.165) is 33.3 Å². The number of rotatable bonds is 3. The molecule has 4 rings (SSSR count). The first kappa shape index (κ1) is 17.9. The normalized spacial score (nSPS) is 10.8. The molecule has 1 heterocycles. The quantitative estimate of drug-likeness (QED) is 0.487. The minimum atomic E-state index is -0.467. The van der Waals surface area contributed by atoms with Gasteiger partial charge in [-0.05, 0) is 37.6 Å². The van der Waals surface area contributed by atoms with E-state index in [1.54, 1.807) is 18.2 Å². The summed E-state index contributed by atoms with van der Waals surface area (Å²) < 4.78 is 14.0. The van der Waals surface area contributed by atoms with Gasteiger partial charge in [0.25, 0.3) is 5.91 Å². The van der Waals surface area contributed by atoms with E-state index in [0.29, 0.717) is 5.56 Å². The standard InChI is InChI=1S/C24H19FN2O/c1-15-11-13-17(14-12-15)23-16(2)22(18-7-3-5-9-20(18)26-23)24(28)27-21-10-6-4-8-19(21)25/h3-14H,1-2H3,(H,27,28). The van der Waals surface area contributed by atoms with Gasteiger partial charge in [-0.25, -0.2) is 9.37 Å². The van der Waals surface area contributed by atoms with Gasteiger partial charge in [0.05, 0.1) is 22.5 Å². The highest BCUT2D eigenvalue weighted by Gasteiger charge is 2.19. The van der Waals surface area contributed by atoms with Crippen LogP contribution in [0.4, 0.5) is 10.1 Å². The van der Waals surface area contributed by atoms with Crippen molar-refractivity contribution in [3.8, 4) is 11.3 Å². The summed E-state index contributed by atoms with van der Waals surface area (Å²) in [7, 11) is 0. The Bertz CT molecular complexity index is 1180. The second kappa shape index (κ2) is 7.24. The fraction of sp³-hybridized carbons (Fsp3) is 0.0833. The van der Waals surface area contributed by atoms with Crippen LogP contribution in [0.15, 0.2) is 72.8 Å². The molecular formula is C24H19FN2O. The molecule has 0 unspecified atom stereocenters. The first-order chi connectivity index (χ1) is 13.5. The van der Waals surface area contributed by atoms with Gasteiger partial charge < -0.3 is 5.32 Å². The Hall–Kier alpha value is -3.53. The van der Waals surface area contributed by atoms with Crippen LogP contribution in [0.1, 0.15) is 21.5 Å². The number of carbonyl (C=O) groups is 1. The van der Waals surface area contributed by atoms with Gasteiger partial charge in [-0.3, -0.25) is 4.79 Å². The second-order valence-corrected chi connectivity index (χ2v) is 6.78. The van der Waals surface area contributed by atoms with Crippen molar-refractivity contribution in [3.05, 3.63) is 95.3 Å². The van der Waals surface area contributed by atoms with E-state index in [1.165, 1.54) is 6.07 Å². The summed E-state index contributed by atoms with van der Waals surface area (Å²) >= 11 is 0. The molecule has 0 bridgehead atoms. The van der Waals surface area contributed by atoms with Gasteiger partial charge in [-0.1, -0.05) is 60.2 Å². The predicted molar refractivity (Wildman–Crippen MR) is 111 cm³/mol. The molecule has 4 heteroatoms. The molecule has 3 aromatic carbocycles. The van der Waals surface area contributed by atoms with Gasteiger partial charge in [-0.15, -0.1) is 0 Å². The van der Waals surface area contributed by atoms with Crippen LogP contribution in [0.25, 0.3) is 22.2 Å². The number of amides is 1. The van der Waals surface area contributed by atoms with Crippen LogP contribution in [-0.4, -0.2) is 10.9 Å².